The summed E-state index contributed by atoms with van der Waals surface area (Å²) in [4.78, 5) is 15.3. The van der Waals surface area contributed by atoms with Gasteiger partial charge in [-0.15, -0.1) is 0 Å². The second-order valence-electron chi connectivity index (χ2n) is 8.13. The monoisotopic (exact) mass is 486 g/mol. The molecule has 1 atom stereocenters. The minimum Gasteiger partial charge on any atom is -0.439 e. The van der Waals surface area contributed by atoms with Crippen molar-refractivity contribution in [1.29, 1.82) is 0 Å². The number of carbonyl (C=O) groups is 1. The standard InChI is InChI=1S/C25H27ClN2O4S/c26-21-13-7-6-12-20(21)22(28-16-8-1-2-9-17-28)18-27-25(29)23-14-15-24(32-23)33(30,31)19-10-4-3-5-11-19/h3-7,10-15,22H,1-2,8-9,16-18H2,(H,27,29). The molecule has 0 bridgehead atoms. The highest BCUT2D eigenvalue weighted by molar-refractivity contribution is 7.91. The van der Waals surface area contributed by atoms with E-state index in [1.54, 1.807) is 18.2 Å². The Labute approximate surface area is 199 Å². The summed E-state index contributed by atoms with van der Waals surface area (Å²) in [5, 5.41) is 3.33. The zero-order valence-electron chi connectivity index (χ0n) is 18.2. The number of furan rings is 1. The fourth-order valence-corrected chi connectivity index (χ4v) is 5.62. The number of likely N-dealkylation sites (tertiary alicyclic amines) is 1. The van der Waals surface area contributed by atoms with Crippen LogP contribution in [0, 0.1) is 0 Å². The highest BCUT2D eigenvalue weighted by Crippen LogP contribution is 2.29. The van der Waals surface area contributed by atoms with E-state index in [-0.39, 0.29) is 21.8 Å². The minimum atomic E-state index is -3.83. The molecule has 6 nitrogen and oxygen atoms in total. The van der Waals surface area contributed by atoms with Crippen molar-refractivity contribution in [3.05, 3.63) is 83.1 Å². The summed E-state index contributed by atoms with van der Waals surface area (Å²) in [5.41, 5.74) is 0.966. The molecule has 174 valence electrons. The zero-order chi connectivity index (χ0) is 23.3. The summed E-state index contributed by atoms with van der Waals surface area (Å²) >= 11 is 6.50. The molecule has 3 aromatic rings. The third-order valence-electron chi connectivity index (χ3n) is 5.93. The first-order chi connectivity index (χ1) is 16.0. The second kappa shape index (κ2) is 10.5. The quantitative estimate of drug-likeness (QED) is 0.501. The number of carbonyl (C=O) groups excluding carboxylic acids is 1. The average Bonchev–Trinajstić information content (AvgIpc) is 3.19. The fourth-order valence-electron chi connectivity index (χ4n) is 4.17. The van der Waals surface area contributed by atoms with Crippen LogP contribution in [0.15, 0.2) is 81.1 Å². The van der Waals surface area contributed by atoms with Crippen LogP contribution in [0.25, 0.3) is 0 Å². The number of sulfone groups is 1. The molecule has 2 heterocycles. The highest BCUT2D eigenvalue weighted by Gasteiger charge is 2.26. The molecule has 0 spiro atoms. The predicted molar refractivity (Wildman–Crippen MR) is 127 cm³/mol. The predicted octanol–water partition coefficient (Wildman–Crippen LogP) is 5.11. The Bertz CT molecular complexity index is 1190. The average molecular weight is 487 g/mol. The number of benzene rings is 2. The van der Waals surface area contributed by atoms with Crippen molar-refractivity contribution < 1.29 is 17.6 Å². The lowest BCUT2D eigenvalue weighted by Crippen LogP contribution is -2.38. The van der Waals surface area contributed by atoms with Crippen molar-refractivity contribution in [3.8, 4) is 0 Å². The van der Waals surface area contributed by atoms with E-state index in [0.717, 1.165) is 31.5 Å². The lowest BCUT2D eigenvalue weighted by molar-refractivity contribution is 0.0900. The number of halogens is 1. The molecule has 1 aliphatic heterocycles. The molecule has 1 saturated heterocycles. The molecule has 1 aliphatic rings. The third kappa shape index (κ3) is 5.49. The molecule has 1 aromatic heterocycles. The number of amides is 1. The van der Waals surface area contributed by atoms with Gasteiger partial charge in [0.15, 0.2) is 5.76 Å². The van der Waals surface area contributed by atoms with Gasteiger partial charge in [0.05, 0.1) is 10.9 Å². The van der Waals surface area contributed by atoms with E-state index in [0.29, 0.717) is 11.6 Å². The minimum absolute atomic E-state index is 0.0433. The molecular formula is C25H27ClN2O4S. The molecule has 4 rings (SSSR count). The number of nitrogens with zero attached hydrogens (tertiary/aromatic N) is 1. The Hall–Kier alpha value is -2.61. The first kappa shape index (κ1) is 23.5. The van der Waals surface area contributed by atoms with Crippen molar-refractivity contribution in [3.63, 3.8) is 0 Å². The molecule has 1 amide bonds. The Balaban J connectivity index is 1.51. The first-order valence-corrected chi connectivity index (χ1v) is 13.0. The van der Waals surface area contributed by atoms with Gasteiger partial charge in [0.1, 0.15) is 0 Å². The molecule has 0 radical (unpaired) electrons. The SMILES string of the molecule is O=C(NCC(c1ccccc1Cl)N1CCCCCC1)c1ccc(S(=O)(=O)c2ccccc2)o1. The number of hydrogen-bond acceptors (Lipinski definition) is 5. The van der Waals surface area contributed by atoms with E-state index in [4.69, 9.17) is 16.0 Å². The molecule has 0 aliphatic carbocycles. The lowest BCUT2D eigenvalue weighted by atomic mass is 10.0. The van der Waals surface area contributed by atoms with Crippen LogP contribution in [0.4, 0.5) is 0 Å². The summed E-state index contributed by atoms with van der Waals surface area (Å²) in [5.74, 6) is -0.505. The molecule has 0 saturated carbocycles. The van der Waals surface area contributed by atoms with Gasteiger partial charge in [0.2, 0.25) is 14.9 Å². The van der Waals surface area contributed by atoms with Gasteiger partial charge in [-0.3, -0.25) is 9.69 Å². The van der Waals surface area contributed by atoms with Crippen molar-refractivity contribution in [2.75, 3.05) is 19.6 Å². The van der Waals surface area contributed by atoms with Crippen LogP contribution in [0.5, 0.6) is 0 Å². The number of nitrogens with one attached hydrogen (secondary N) is 1. The van der Waals surface area contributed by atoms with Gasteiger partial charge >= 0.3 is 0 Å². The van der Waals surface area contributed by atoms with E-state index in [1.165, 1.54) is 37.1 Å². The van der Waals surface area contributed by atoms with Gasteiger partial charge in [0, 0.05) is 11.6 Å². The van der Waals surface area contributed by atoms with E-state index in [1.807, 2.05) is 24.3 Å². The molecule has 8 heteroatoms. The van der Waals surface area contributed by atoms with Crippen LogP contribution < -0.4 is 5.32 Å². The molecule has 1 fully saturated rings. The van der Waals surface area contributed by atoms with Crippen molar-refractivity contribution in [2.45, 2.75) is 41.7 Å². The van der Waals surface area contributed by atoms with Gasteiger partial charge in [-0.1, -0.05) is 60.8 Å². The Morgan fingerprint density at radius 2 is 1.61 bits per heavy atom. The summed E-state index contributed by atoms with van der Waals surface area (Å²) in [7, 11) is -3.83. The van der Waals surface area contributed by atoms with E-state index in [2.05, 4.69) is 10.2 Å². The molecule has 1 unspecified atom stereocenters. The van der Waals surface area contributed by atoms with Crippen LogP contribution in [0.2, 0.25) is 5.02 Å². The maximum Gasteiger partial charge on any atom is 0.287 e. The van der Waals surface area contributed by atoms with Crippen LogP contribution in [-0.4, -0.2) is 38.9 Å². The highest BCUT2D eigenvalue weighted by atomic mass is 35.5. The van der Waals surface area contributed by atoms with Crippen LogP contribution in [-0.2, 0) is 9.84 Å². The molecule has 33 heavy (non-hydrogen) atoms. The van der Waals surface area contributed by atoms with Crippen molar-refractivity contribution in [1.82, 2.24) is 10.2 Å². The first-order valence-electron chi connectivity index (χ1n) is 11.1. The van der Waals surface area contributed by atoms with Gasteiger partial charge in [-0.25, -0.2) is 8.42 Å². The maximum atomic E-state index is 12.8. The lowest BCUT2D eigenvalue weighted by Gasteiger charge is -2.31. The second-order valence-corrected chi connectivity index (χ2v) is 10.4. The molecule has 2 aromatic carbocycles. The van der Waals surface area contributed by atoms with Crippen LogP contribution in [0.3, 0.4) is 0 Å². The van der Waals surface area contributed by atoms with Gasteiger partial charge < -0.3 is 9.73 Å². The number of hydrogen-bond donors (Lipinski definition) is 1. The maximum absolute atomic E-state index is 12.8. The van der Waals surface area contributed by atoms with Crippen molar-refractivity contribution >= 4 is 27.3 Å². The van der Waals surface area contributed by atoms with E-state index < -0.39 is 15.7 Å². The smallest absolute Gasteiger partial charge is 0.287 e. The summed E-state index contributed by atoms with van der Waals surface area (Å²) < 4.78 is 31.0. The molecular weight excluding hydrogens is 460 g/mol. The van der Waals surface area contributed by atoms with E-state index in [9.17, 15) is 13.2 Å². The Kier molecular flexibility index (Phi) is 7.53. The van der Waals surface area contributed by atoms with Gasteiger partial charge in [0.25, 0.3) is 5.91 Å². The van der Waals surface area contributed by atoms with Crippen LogP contribution in [0.1, 0.15) is 47.8 Å². The summed E-state index contributed by atoms with van der Waals surface area (Å²) in [6.45, 7) is 2.21. The van der Waals surface area contributed by atoms with Gasteiger partial charge in [-0.2, -0.15) is 0 Å². The largest absolute Gasteiger partial charge is 0.439 e. The van der Waals surface area contributed by atoms with Crippen molar-refractivity contribution in [2.24, 2.45) is 0 Å². The normalized spacial score (nSPS) is 16.2. The zero-order valence-corrected chi connectivity index (χ0v) is 19.8. The Morgan fingerprint density at radius 3 is 2.30 bits per heavy atom. The molecule has 1 N–H and O–H groups in total. The summed E-state index contributed by atoms with van der Waals surface area (Å²) in [6, 6.07) is 18.3. The van der Waals surface area contributed by atoms with Gasteiger partial charge in [-0.05, 0) is 61.8 Å². The van der Waals surface area contributed by atoms with Crippen LogP contribution >= 0.6 is 11.6 Å². The fraction of sp³-hybridized carbons (Fsp3) is 0.320. The van der Waals surface area contributed by atoms with E-state index >= 15 is 0 Å². The topological polar surface area (TPSA) is 79.6 Å². The summed E-state index contributed by atoms with van der Waals surface area (Å²) in [6.07, 6.45) is 4.61. The number of rotatable bonds is 7. The third-order valence-corrected chi connectivity index (χ3v) is 7.91. The Morgan fingerprint density at radius 1 is 0.939 bits per heavy atom.